The van der Waals surface area contributed by atoms with Crippen LogP contribution in [0.4, 0.5) is 0 Å². The predicted octanol–water partition coefficient (Wildman–Crippen LogP) is 0.545. The predicted molar refractivity (Wildman–Crippen MR) is 50.9 cm³/mol. The second-order valence-corrected chi connectivity index (χ2v) is 2.90. The standard InChI is InChI=1S/C8H9ClN2O4/c1-2-15-8(14)6(9)3-7(10-4-12)11-5-13/h6-7H,2-3H2,1H3. The number of nitrogens with zero attached hydrogens (tertiary/aromatic N) is 2. The summed E-state index contributed by atoms with van der Waals surface area (Å²) in [5, 5.41) is -1.01. The summed E-state index contributed by atoms with van der Waals surface area (Å²) in [5.74, 6) is -0.647. The summed E-state index contributed by atoms with van der Waals surface area (Å²) in [5.41, 5.74) is 0. The van der Waals surface area contributed by atoms with Crippen molar-refractivity contribution >= 4 is 29.7 Å². The van der Waals surface area contributed by atoms with Gasteiger partial charge < -0.3 is 4.74 Å². The van der Waals surface area contributed by atoms with Crippen molar-refractivity contribution in [3.05, 3.63) is 0 Å². The fraction of sp³-hybridized carbons (Fsp3) is 0.625. The first-order valence-electron chi connectivity index (χ1n) is 4.10. The molecule has 0 N–H and O–H groups in total. The summed E-state index contributed by atoms with van der Waals surface area (Å²) in [6.07, 6.45) is 1.30. The molecule has 1 atom stereocenters. The number of hydrogen-bond acceptors (Lipinski definition) is 6. The van der Waals surface area contributed by atoms with Crippen LogP contribution in [-0.2, 0) is 19.1 Å². The van der Waals surface area contributed by atoms with Crippen molar-refractivity contribution in [2.45, 2.75) is 24.9 Å². The van der Waals surface area contributed by atoms with Crippen LogP contribution in [0.25, 0.3) is 0 Å². The smallest absolute Gasteiger partial charge is 0.324 e. The van der Waals surface area contributed by atoms with E-state index in [0.717, 1.165) is 0 Å². The lowest BCUT2D eigenvalue weighted by Crippen LogP contribution is -2.22. The van der Waals surface area contributed by atoms with Crippen molar-refractivity contribution in [1.29, 1.82) is 0 Å². The van der Waals surface area contributed by atoms with E-state index < -0.39 is 17.5 Å². The van der Waals surface area contributed by atoms with Crippen LogP contribution < -0.4 is 0 Å². The van der Waals surface area contributed by atoms with Crippen LogP contribution in [-0.4, -0.2) is 36.3 Å². The van der Waals surface area contributed by atoms with Crippen LogP contribution >= 0.6 is 11.6 Å². The lowest BCUT2D eigenvalue weighted by molar-refractivity contribution is -0.142. The van der Waals surface area contributed by atoms with Gasteiger partial charge in [0.25, 0.3) is 0 Å². The van der Waals surface area contributed by atoms with Gasteiger partial charge in [0.2, 0.25) is 12.2 Å². The first-order valence-corrected chi connectivity index (χ1v) is 4.54. The highest BCUT2D eigenvalue weighted by Crippen LogP contribution is 2.11. The van der Waals surface area contributed by atoms with E-state index >= 15 is 0 Å². The molecule has 0 bridgehead atoms. The molecule has 0 amide bonds. The Bertz CT molecular complexity index is 290. The number of carbonyl (C=O) groups is 1. The Labute approximate surface area is 91.0 Å². The number of hydrogen-bond donors (Lipinski definition) is 0. The third-order valence-electron chi connectivity index (χ3n) is 1.36. The number of isocyanates is 2. The maximum absolute atomic E-state index is 11.1. The lowest BCUT2D eigenvalue weighted by atomic mass is 10.2. The van der Waals surface area contributed by atoms with Crippen LogP contribution in [0.3, 0.4) is 0 Å². The zero-order valence-corrected chi connectivity index (χ0v) is 8.73. The maximum atomic E-state index is 11.1. The zero-order valence-electron chi connectivity index (χ0n) is 7.97. The Morgan fingerprint density at radius 2 is 1.93 bits per heavy atom. The second-order valence-electron chi connectivity index (χ2n) is 2.38. The van der Waals surface area contributed by atoms with E-state index in [0.29, 0.717) is 0 Å². The van der Waals surface area contributed by atoms with Crippen molar-refractivity contribution < 1.29 is 19.1 Å². The molecular formula is C8H9ClN2O4. The molecule has 0 saturated heterocycles. The van der Waals surface area contributed by atoms with Gasteiger partial charge in [-0.3, -0.25) is 4.79 Å². The van der Waals surface area contributed by atoms with Crippen LogP contribution in [0.2, 0.25) is 0 Å². The third-order valence-corrected chi connectivity index (χ3v) is 1.72. The molecule has 0 aliphatic carbocycles. The Kier molecular flexibility index (Phi) is 7.10. The molecule has 0 aromatic rings. The largest absolute Gasteiger partial charge is 0.465 e. The first kappa shape index (κ1) is 13.5. The van der Waals surface area contributed by atoms with E-state index in [9.17, 15) is 14.4 Å². The van der Waals surface area contributed by atoms with Gasteiger partial charge in [0.05, 0.1) is 6.61 Å². The summed E-state index contributed by atoms with van der Waals surface area (Å²) in [7, 11) is 0. The van der Waals surface area contributed by atoms with E-state index in [4.69, 9.17) is 11.6 Å². The number of halogens is 1. The highest BCUT2D eigenvalue weighted by Gasteiger charge is 2.21. The van der Waals surface area contributed by atoms with Gasteiger partial charge in [0, 0.05) is 6.42 Å². The Hall–Kier alpha value is -1.48. The van der Waals surface area contributed by atoms with Gasteiger partial charge in [-0.25, -0.2) is 9.59 Å². The summed E-state index contributed by atoms with van der Waals surface area (Å²) in [6.45, 7) is 1.83. The summed E-state index contributed by atoms with van der Waals surface area (Å²) in [4.78, 5) is 37.2. The minimum absolute atomic E-state index is 0.106. The van der Waals surface area contributed by atoms with Crippen molar-refractivity contribution in [1.82, 2.24) is 0 Å². The number of alkyl halides is 1. The van der Waals surface area contributed by atoms with E-state index in [1.165, 1.54) is 12.2 Å². The van der Waals surface area contributed by atoms with E-state index in [-0.39, 0.29) is 13.0 Å². The van der Waals surface area contributed by atoms with Crippen LogP contribution in [0, 0.1) is 0 Å². The van der Waals surface area contributed by atoms with Crippen LogP contribution in [0.5, 0.6) is 0 Å². The molecule has 1 unspecified atom stereocenters. The molecule has 15 heavy (non-hydrogen) atoms. The van der Waals surface area contributed by atoms with Gasteiger partial charge >= 0.3 is 5.97 Å². The summed E-state index contributed by atoms with van der Waals surface area (Å²) in [6, 6.07) is 0. The Morgan fingerprint density at radius 1 is 1.40 bits per heavy atom. The molecule has 82 valence electrons. The molecular weight excluding hydrogens is 224 g/mol. The minimum Gasteiger partial charge on any atom is -0.465 e. The quantitative estimate of drug-likeness (QED) is 0.290. The zero-order chi connectivity index (χ0) is 11.7. The molecule has 0 saturated carbocycles. The van der Waals surface area contributed by atoms with Gasteiger partial charge in [0.15, 0.2) is 6.17 Å². The van der Waals surface area contributed by atoms with Gasteiger partial charge in [-0.2, -0.15) is 9.98 Å². The molecule has 0 aromatic heterocycles. The Morgan fingerprint density at radius 3 is 2.33 bits per heavy atom. The first-order chi connectivity index (χ1) is 7.15. The number of ether oxygens (including phenoxy) is 1. The number of aliphatic imine (C=N–C) groups is 2. The third kappa shape index (κ3) is 5.75. The van der Waals surface area contributed by atoms with E-state index in [1.807, 2.05) is 0 Å². The molecule has 0 spiro atoms. The molecule has 0 rings (SSSR count). The van der Waals surface area contributed by atoms with Crippen LogP contribution in [0.15, 0.2) is 9.98 Å². The molecule has 0 aromatic carbocycles. The van der Waals surface area contributed by atoms with Crippen molar-refractivity contribution in [2.24, 2.45) is 9.98 Å². The van der Waals surface area contributed by atoms with Crippen molar-refractivity contribution in [3.8, 4) is 0 Å². The fourth-order valence-electron chi connectivity index (χ4n) is 0.770. The minimum atomic E-state index is -1.04. The molecule has 0 aliphatic rings. The molecule has 0 fully saturated rings. The van der Waals surface area contributed by atoms with Crippen LogP contribution in [0.1, 0.15) is 13.3 Å². The monoisotopic (exact) mass is 232 g/mol. The average Bonchev–Trinajstić information content (AvgIpc) is 2.18. The SMILES string of the molecule is CCOC(=O)C(Cl)CC(N=C=O)N=C=O. The normalized spacial score (nSPS) is 12.9. The number of rotatable bonds is 6. The maximum Gasteiger partial charge on any atom is 0.324 e. The van der Waals surface area contributed by atoms with Crippen molar-refractivity contribution in [2.75, 3.05) is 6.61 Å². The topological polar surface area (TPSA) is 85.2 Å². The van der Waals surface area contributed by atoms with E-state index in [2.05, 4.69) is 14.7 Å². The van der Waals surface area contributed by atoms with E-state index in [1.54, 1.807) is 6.92 Å². The molecule has 0 heterocycles. The van der Waals surface area contributed by atoms with Gasteiger partial charge in [0.1, 0.15) is 5.38 Å². The summed E-state index contributed by atoms with van der Waals surface area (Å²) >= 11 is 5.62. The second kappa shape index (κ2) is 7.88. The highest BCUT2D eigenvalue weighted by atomic mass is 35.5. The molecule has 6 nitrogen and oxygen atoms in total. The fourth-order valence-corrected chi connectivity index (χ4v) is 0.992. The summed E-state index contributed by atoms with van der Waals surface area (Å²) < 4.78 is 4.61. The number of esters is 1. The number of carbonyl (C=O) groups excluding carboxylic acids is 3. The lowest BCUT2D eigenvalue weighted by Gasteiger charge is -2.09. The average molecular weight is 233 g/mol. The molecule has 0 radical (unpaired) electrons. The highest BCUT2D eigenvalue weighted by molar-refractivity contribution is 6.29. The van der Waals surface area contributed by atoms with Gasteiger partial charge in [-0.05, 0) is 6.92 Å². The van der Waals surface area contributed by atoms with Gasteiger partial charge in [-0.15, -0.1) is 11.6 Å². The molecule has 0 aliphatic heterocycles. The van der Waals surface area contributed by atoms with Crippen molar-refractivity contribution in [3.63, 3.8) is 0 Å². The molecule has 7 heteroatoms. The Balaban J connectivity index is 4.33. The van der Waals surface area contributed by atoms with Gasteiger partial charge in [-0.1, -0.05) is 0 Å².